The van der Waals surface area contributed by atoms with Crippen molar-refractivity contribution >= 4 is 23.5 Å². The first kappa shape index (κ1) is 20.0. The van der Waals surface area contributed by atoms with E-state index in [0.717, 1.165) is 5.56 Å². The number of hydrogen-bond acceptors (Lipinski definition) is 6. The number of phenols is 1. The third kappa shape index (κ3) is 4.02. The predicted octanol–water partition coefficient (Wildman–Crippen LogP) is 3.39. The number of amides is 1. The number of aromatic amines is 1. The van der Waals surface area contributed by atoms with Crippen molar-refractivity contribution in [2.45, 2.75) is 23.2 Å². The van der Waals surface area contributed by atoms with Crippen LogP contribution in [0.25, 0.3) is 0 Å². The van der Waals surface area contributed by atoms with Gasteiger partial charge in [0, 0.05) is 18.1 Å². The maximum Gasteiger partial charge on any atom is 0.257 e. The molecule has 0 radical (unpaired) electrons. The van der Waals surface area contributed by atoms with Gasteiger partial charge in [0.2, 0.25) is 5.91 Å². The van der Waals surface area contributed by atoms with E-state index in [1.165, 1.54) is 37.1 Å². The molecular weight excluding hydrogens is 409 g/mol. The first-order chi connectivity index (χ1) is 14.4. The van der Waals surface area contributed by atoms with E-state index in [1.807, 2.05) is 0 Å². The number of thioether (sulfide) groups is 1. The normalized spacial score (nSPS) is 15.4. The van der Waals surface area contributed by atoms with Crippen molar-refractivity contribution in [3.8, 4) is 11.5 Å². The molecule has 154 valence electrons. The number of phenolic OH excluding ortho intramolecular Hbond substituents is 1. The van der Waals surface area contributed by atoms with Gasteiger partial charge in [-0.15, -0.1) is 0 Å². The molecule has 2 aromatic carbocycles. The second-order valence-electron chi connectivity index (χ2n) is 6.79. The van der Waals surface area contributed by atoms with Gasteiger partial charge >= 0.3 is 0 Å². The summed E-state index contributed by atoms with van der Waals surface area (Å²) in [5.74, 6) is -0.287. The van der Waals surface area contributed by atoms with Gasteiger partial charge < -0.3 is 20.1 Å². The molecule has 1 aromatic heterocycles. The number of benzene rings is 2. The summed E-state index contributed by atoms with van der Waals surface area (Å²) >= 11 is 1.24. The molecule has 0 aliphatic carbocycles. The van der Waals surface area contributed by atoms with Gasteiger partial charge in [-0.3, -0.25) is 9.59 Å². The van der Waals surface area contributed by atoms with E-state index in [0.29, 0.717) is 22.0 Å². The first-order valence-corrected chi connectivity index (χ1v) is 10.1. The molecule has 1 atom stereocenters. The molecule has 0 fully saturated rings. The van der Waals surface area contributed by atoms with Gasteiger partial charge in [0.25, 0.3) is 5.56 Å². The Morgan fingerprint density at radius 2 is 2.10 bits per heavy atom. The lowest BCUT2D eigenvalue weighted by molar-refractivity contribution is -0.116. The standard InChI is InChI=1S/C21H18FN3O4S/c1-29-16-8-12(5-6-15(16)26)14-9-17(27)23-19-18(14)20(28)25-21(24-19)30-10-11-3-2-4-13(22)7-11/h2-8,14,26H,9-10H2,1H3,(H2,23,24,25,27,28)/t14-/m1/s1. The fraction of sp³-hybridized carbons (Fsp3) is 0.190. The Morgan fingerprint density at radius 1 is 1.27 bits per heavy atom. The van der Waals surface area contributed by atoms with Gasteiger partial charge in [0.1, 0.15) is 11.6 Å². The average molecular weight is 427 g/mol. The van der Waals surface area contributed by atoms with Crippen molar-refractivity contribution in [2.75, 3.05) is 12.4 Å². The number of carbonyl (C=O) groups is 1. The Hall–Kier alpha value is -3.33. The van der Waals surface area contributed by atoms with Gasteiger partial charge in [-0.1, -0.05) is 30.0 Å². The van der Waals surface area contributed by atoms with Crippen LogP contribution in [0.15, 0.2) is 52.4 Å². The fourth-order valence-corrected chi connectivity index (χ4v) is 4.20. The van der Waals surface area contributed by atoms with Crippen LogP contribution in [-0.4, -0.2) is 28.1 Å². The molecule has 0 saturated heterocycles. The highest BCUT2D eigenvalue weighted by atomic mass is 32.2. The number of ether oxygens (including phenoxy) is 1. The van der Waals surface area contributed by atoms with Crippen molar-refractivity contribution in [2.24, 2.45) is 0 Å². The zero-order chi connectivity index (χ0) is 21.3. The summed E-state index contributed by atoms with van der Waals surface area (Å²) < 4.78 is 18.5. The summed E-state index contributed by atoms with van der Waals surface area (Å²) in [4.78, 5) is 32.3. The van der Waals surface area contributed by atoms with Crippen LogP contribution in [0.3, 0.4) is 0 Å². The number of aromatic nitrogens is 2. The lowest BCUT2D eigenvalue weighted by Gasteiger charge is -2.25. The number of halogens is 1. The zero-order valence-electron chi connectivity index (χ0n) is 15.9. The van der Waals surface area contributed by atoms with Crippen molar-refractivity contribution < 1.29 is 19.0 Å². The number of aromatic hydroxyl groups is 1. The van der Waals surface area contributed by atoms with Crippen LogP contribution in [0, 0.1) is 5.82 Å². The van der Waals surface area contributed by atoms with E-state index in [2.05, 4.69) is 15.3 Å². The zero-order valence-corrected chi connectivity index (χ0v) is 16.8. The number of fused-ring (bicyclic) bond motifs is 1. The van der Waals surface area contributed by atoms with E-state index in [1.54, 1.807) is 24.3 Å². The average Bonchev–Trinajstić information content (AvgIpc) is 2.72. The molecule has 30 heavy (non-hydrogen) atoms. The molecule has 9 heteroatoms. The molecule has 0 unspecified atom stereocenters. The topological polar surface area (TPSA) is 104 Å². The number of hydrogen-bond donors (Lipinski definition) is 3. The molecule has 0 bridgehead atoms. The van der Waals surface area contributed by atoms with Gasteiger partial charge in [-0.25, -0.2) is 9.37 Å². The summed E-state index contributed by atoms with van der Waals surface area (Å²) in [7, 11) is 1.43. The second-order valence-corrected chi connectivity index (χ2v) is 7.75. The largest absolute Gasteiger partial charge is 0.504 e. The minimum Gasteiger partial charge on any atom is -0.504 e. The molecule has 1 aliphatic rings. The Labute approximate surface area is 175 Å². The minimum atomic E-state index is -0.526. The molecule has 0 spiro atoms. The minimum absolute atomic E-state index is 0.0298. The Bertz CT molecular complexity index is 1180. The van der Waals surface area contributed by atoms with Crippen LogP contribution in [0.4, 0.5) is 10.2 Å². The van der Waals surface area contributed by atoms with Crippen LogP contribution in [0.5, 0.6) is 11.5 Å². The number of methoxy groups -OCH3 is 1. The molecule has 3 N–H and O–H groups in total. The highest BCUT2D eigenvalue weighted by Gasteiger charge is 2.31. The van der Waals surface area contributed by atoms with Crippen LogP contribution >= 0.6 is 11.8 Å². The smallest absolute Gasteiger partial charge is 0.257 e. The molecule has 4 rings (SSSR count). The van der Waals surface area contributed by atoms with Crippen molar-refractivity contribution in [3.63, 3.8) is 0 Å². The van der Waals surface area contributed by atoms with Crippen LogP contribution in [0.2, 0.25) is 0 Å². The maximum absolute atomic E-state index is 13.4. The van der Waals surface area contributed by atoms with E-state index in [-0.39, 0.29) is 41.0 Å². The third-order valence-electron chi connectivity index (χ3n) is 4.80. The molecular formula is C21H18FN3O4S. The van der Waals surface area contributed by atoms with Gasteiger partial charge in [-0.05, 0) is 35.4 Å². The molecule has 0 saturated carbocycles. The van der Waals surface area contributed by atoms with Crippen molar-refractivity contribution in [1.82, 2.24) is 9.97 Å². The van der Waals surface area contributed by atoms with E-state index in [9.17, 15) is 19.1 Å². The van der Waals surface area contributed by atoms with Crippen LogP contribution < -0.4 is 15.6 Å². The summed E-state index contributed by atoms with van der Waals surface area (Å²) in [6.07, 6.45) is 0.0709. The Balaban J connectivity index is 1.67. The van der Waals surface area contributed by atoms with E-state index < -0.39 is 5.92 Å². The van der Waals surface area contributed by atoms with E-state index in [4.69, 9.17) is 4.74 Å². The molecule has 2 heterocycles. The lowest BCUT2D eigenvalue weighted by Crippen LogP contribution is -2.31. The number of rotatable bonds is 5. The first-order valence-electron chi connectivity index (χ1n) is 9.13. The highest BCUT2D eigenvalue weighted by Crippen LogP contribution is 2.38. The van der Waals surface area contributed by atoms with Gasteiger partial charge in [-0.2, -0.15) is 0 Å². The highest BCUT2D eigenvalue weighted by molar-refractivity contribution is 7.98. The maximum atomic E-state index is 13.4. The van der Waals surface area contributed by atoms with Gasteiger partial charge in [0.05, 0.1) is 12.7 Å². The number of nitrogens with one attached hydrogen (secondary N) is 2. The van der Waals surface area contributed by atoms with Crippen LogP contribution in [-0.2, 0) is 10.5 Å². The SMILES string of the molecule is COc1cc([C@H]2CC(=O)Nc3nc(SCc4cccc(F)c4)[nH]c(=O)c32)ccc1O. The molecule has 1 amide bonds. The predicted molar refractivity (Wildman–Crippen MR) is 111 cm³/mol. The number of anilines is 1. The fourth-order valence-electron chi connectivity index (χ4n) is 3.39. The summed E-state index contributed by atoms with van der Waals surface area (Å²) in [6.45, 7) is 0. The van der Waals surface area contributed by atoms with E-state index >= 15 is 0 Å². The molecule has 7 nitrogen and oxygen atoms in total. The Morgan fingerprint density at radius 3 is 2.87 bits per heavy atom. The number of carbonyl (C=O) groups excluding carboxylic acids is 1. The van der Waals surface area contributed by atoms with Crippen molar-refractivity contribution in [3.05, 3.63) is 75.3 Å². The summed E-state index contributed by atoms with van der Waals surface area (Å²) in [5, 5.41) is 12.8. The quantitative estimate of drug-likeness (QED) is 0.426. The molecule has 1 aliphatic heterocycles. The second kappa shape index (κ2) is 8.19. The lowest BCUT2D eigenvalue weighted by atomic mass is 9.86. The monoisotopic (exact) mass is 427 g/mol. The van der Waals surface area contributed by atoms with Crippen LogP contribution in [0.1, 0.15) is 29.0 Å². The number of nitrogens with zero attached hydrogens (tertiary/aromatic N) is 1. The molecule has 3 aromatic rings. The number of H-pyrrole nitrogens is 1. The Kier molecular flexibility index (Phi) is 5.45. The summed E-state index contributed by atoms with van der Waals surface area (Å²) in [6, 6.07) is 10.9. The third-order valence-corrected chi connectivity index (χ3v) is 5.74. The summed E-state index contributed by atoms with van der Waals surface area (Å²) in [5.41, 5.74) is 1.39. The van der Waals surface area contributed by atoms with Crippen molar-refractivity contribution in [1.29, 1.82) is 0 Å². The van der Waals surface area contributed by atoms with Gasteiger partial charge in [0.15, 0.2) is 16.7 Å².